The molecule has 0 radical (unpaired) electrons. The van der Waals surface area contributed by atoms with Gasteiger partial charge >= 0.3 is 0 Å². The van der Waals surface area contributed by atoms with Crippen LogP contribution in [0.15, 0.2) is 12.2 Å². The van der Waals surface area contributed by atoms with E-state index in [1.165, 1.54) is 0 Å². The average Bonchev–Trinajstić information content (AvgIpc) is 2.61. The van der Waals surface area contributed by atoms with Crippen LogP contribution >= 0.6 is 0 Å². The summed E-state index contributed by atoms with van der Waals surface area (Å²) in [5.74, 6) is -0.218. The van der Waals surface area contributed by atoms with Crippen molar-refractivity contribution in [1.82, 2.24) is 10.2 Å². The summed E-state index contributed by atoms with van der Waals surface area (Å²) in [6, 6.07) is 0. The predicted molar refractivity (Wildman–Crippen MR) is 51.6 cm³/mol. The fourth-order valence-electron chi connectivity index (χ4n) is 2.25. The standard InChI is InChI=1S/C10H15FN2O/c1-8(4-11)9(14)13-6-10(7-13)2-3-12-5-10/h12H,1-7H2. The lowest BCUT2D eigenvalue weighted by molar-refractivity contribution is -0.138. The van der Waals surface area contributed by atoms with Gasteiger partial charge in [-0.2, -0.15) is 0 Å². The molecule has 4 heteroatoms. The van der Waals surface area contributed by atoms with E-state index in [2.05, 4.69) is 11.9 Å². The lowest BCUT2D eigenvalue weighted by Gasteiger charge is -2.47. The van der Waals surface area contributed by atoms with Crippen LogP contribution in [-0.2, 0) is 4.79 Å². The fraction of sp³-hybridized carbons (Fsp3) is 0.700. The Balaban J connectivity index is 1.87. The van der Waals surface area contributed by atoms with E-state index in [-0.39, 0.29) is 16.9 Å². The SMILES string of the molecule is C=C(CF)C(=O)N1CC2(CCNC2)C1. The van der Waals surface area contributed by atoms with Crippen LogP contribution in [-0.4, -0.2) is 43.7 Å². The number of hydrogen-bond acceptors (Lipinski definition) is 2. The van der Waals surface area contributed by atoms with Crippen molar-refractivity contribution in [3.8, 4) is 0 Å². The molecule has 1 spiro atoms. The number of carbonyl (C=O) groups is 1. The molecule has 0 aromatic heterocycles. The highest BCUT2D eigenvalue weighted by molar-refractivity contribution is 5.93. The van der Waals surface area contributed by atoms with E-state index in [0.29, 0.717) is 0 Å². The summed E-state index contributed by atoms with van der Waals surface area (Å²) in [6.07, 6.45) is 1.12. The molecule has 1 N–H and O–H groups in total. The first kappa shape index (κ1) is 9.65. The van der Waals surface area contributed by atoms with E-state index in [1.807, 2.05) is 0 Å². The Morgan fingerprint density at radius 3 is 2.79 bits per heavy atom. The van der Waals surface area contributed by atoms with Crippen molar-refractivity contribution in [2.24, 2.45) is 5.41 Å². The van der Waals surface area contributed by atoms with Crippen LogP contribution in [0.2, 0.25) is 0 Å². The predicted octanol–water partition coefficient (Wildman–Crippen LogP) is 0.334. The first-order valence-corrected chi connectivity index (χ1v) is 4.91. The van der Waals surface area contributed by atoms with Gasteiger partial charge in [0.15, 0.2) is 0 Å². The van der Waals surface area contributed by atoms with Gasteiger partial charge in [-0.3, -0.25) is 4.79 Å². The maximum Gasteiger partial charge on any atom is 0.251 e. The van der Waals surface area contributed by atoms with Crippen LogP contribution in [0.1, 0.15) is 6.42 Å². The molecule has 0 unspecified atom stereocenters. The number of nitrogens with one attached hydrogen (secondary N) is 1. The molecule has 1 amide bonds. The van der Waals surface area contributed by atoms with E-state index in [4.69, 9.17) is 0 Å². The lowest BCUT2D eigenvalue weighted by Crippen LogP contribution is -2.59. The van der Waals surface area contributed by atoms with Crippen molar-refractivity contribution in [3.63, 3.8) is 0 Å². The van der Waals surface area contributed by atoms with E-state index < -0.39 is 6.67 Å². The molecule has 2 aliphatic rings. The van der Waals surface area contributed by atoms with Gasteiger partial charge in [0, 0.05) is 30.6 Å². The normalized spacial score (nSPS) is 23.6. The molecule has 14 heavy (non-hydrogen) atoms. The van der Waals surface area contributed by atoms with Crippen LogP contribution in [0.4, 0.5) is 4.39 Å². The molecule has 0 saturated carbocycles. The van der Waals surface area contributed by atoms with Crippen molar-refractivity contribution in [2.75, 3.05) is 32.9 Å². The van der Waals surface area contributed by atoms with Gasteiger partial charge < -0.3 is 10.2 Å². The Labute approximate surface area is 83.0 Å². The number of alkyl halides is 1. The smallest absolute Gasteiger partial charge is 0.251 e. The Morgan fingerprint density at radius 1 is 1.57 bits per heavy atom. The van der Waals surface area contributed by atoms with Gasteiger partial charge in [-0.1, -0.05) is 6.58 Å². The molecular formula is C10H15FN2O. The maximum atomic E-state index is 12.2. The van der Waals surface area contributed by atoms with Gasteiger partial charge in [0.2, 0.25) is 0 Å². The van der Waals surface area contributed by atoms with Crippen molar-refractivity contribution in [1.29, 1.82) is 0 Å². The molecule has 2 aliphatic heterocycles. The molecule has 3 nitrogen and oxygen atoms in total. The average molecular weight is 198 g/mol. The Morgan fingerprint density at radius 2 is 2.29 bits per heavy atom. The maximum absolute atomic E-state index is 12.2. The highest BCUT2D eigenvalue weighted by atomic mass is 19.1. The topological polar surface area (TPSA) is 32.3 Å². The van der Waals surface area contributed by atoms with Crippen LogP contribution in [0.25, 0.3) is 0 Å². The van der Waals surface area contributed by atoms with E-state index >= 15 is 0 Å². The van der Waals surface area contributed by atoms with E-state index in [0.717, 1.165) is 32.6 Å². The summed E-state index contributed by atoms with van der Waals surface area (Å²) in [7, 11) is 0. The monoisotopic (exact) mass is 198 g/mol. The molecule has 0 atom stereocenters. The van der Waals surface area contributed by atoms with Crippen LogP contribution in [0.5, 0.6) is 0 Å². The largest absolute Gasteiger partial charge is 0.338 e. The van der Waals surface area contributed by atoms with Gasteiger partial charge in [-0.25, -0.2) is 4.39 Å². The third-order valence-electron chi connectivity index (χ3n) is 3.14. The summed E-state index contributed by atoms with van der Waals surface area (Å²) in [5, 5.41) is 3.28. The third kappa shape index (κ3) is 1.43. The second kappa shape index (κ2) is 3.35. The number of amides is 1. The lowest BCUT2D eigenvalue weighted by atomic mass is 9.79. The molecule has 2 fully saturated rings. The number of rotatable bonds is 2. The van der Waals surface area contributed by atoms with Gasteiger partial charge in [0.25, 0.3) is 5.91 Å². The Hall–Kier alpha value is -0.900. The first-order chi connectivity index (χ1) is 6.67. The zero-order valence-electron chi connectivity index (χ0n) is 8.18. The molecule has 2 saturated heterocycles. The fourth-order valence-corrected chi connectivity index (χ4v) is 2.25. The molecule has 0 bridgehead atoms. The zero-order valence-corrected chi connectivity index (χ0v) is 8.18. The van der Waals surface area contributed by atoms with Gasteiger partial charge in [-0.05, 0) is 13.0 Å². The summed E-state index contributed by atoms with van der Waals surface area (Å²) < 4.78 is 12.2. The van der Waals surface area contributed by atoms with E-state index in [1.54, 1.807) is 4.90 Å². The zero-order chi connectivity index (χ0) is 10.2. The quantitative estimate of drug-likeness (QED) is 0.649. The van der Waals surface area contributed by atoms with Crippen molar-refractivity contribution in [3.05, 3.63) is 12.2 Å². The highest BCUT2D eigenvalue weighted by Gasteiger charge is 2.46. The number of carbonyl (C=O) groups excluding carboxylic acids is 1. The molecular weight excluding hydrogens is 183 g/mol. The second-order valence-electron chi connectivity index (χ2n) is 4.33. The number of hydrogen-bond donors (Lipinski definition) is 1. The van der Waals surface area contributed by atoms with E-state index in [9.17, 15) is 9.18 Å². The minimum atomic E-state index is -0.736. The number of halogens is 1. The van der Waals surface area contributed by atoms with Crippen molar-refractivity contribution in [2.45, 2.75) is 6.42 Å². The third-order valence-corrected chi connectivity index (χ3v) is 3.14. The minimum Gasteiger partial charge on any atom is -0.338 e. The summed E-state index contributed by atoms with van der Waals surface area (Å²) >= 11 is 0. The molecule has 0 aromatic rings. The summed E-state index contributed by atoms with van der Waals surface area (Å²) in [4.78, 5) is 13.2. The molecule has 2 rings (SSSR count). The Bertz CT molecular complexity index is 263. The molecule has 0 aliphatic carbocycles. The summed E-state index contributed by atoms with van der Waals surface area (Å²) in [5.41, 5.74) is 0.359. The molecule has 78 valence electrons. The van der Waals surface area contributed by atoms with Crippen molar-refractivity contribution < 1.29 is 9.18 Å². The highest BCUT2D eigenvalue weighted by Crippen LogP contribution is 2.36. The minimum absolute atomic E-state index is 0.0748. The van der Waals surface area contributed by atoms with Crippen LogP contribution in [0, 0.1) is 5.41 Å². The first-order valence-electron chi connectivity index (χ1n) is 4.91. The van der Waals surface area contributed by atoms with Crippen molar-refractivity contribution >= 4 is 5.91 Å². The van der Waals surface area contributed by atoms with Gasteiger partial charge in [-0.15, -0.1) is 0 Å². The molecule has 2 heterocycles. The van der Waals surface area contributed by atoms with Crippen LogP contribution in [0.3, 0.4) is 0 Å². The van der Waals surface area contributed by atoms with Crippen LogP contribution < -0.4 is 5.32 Å². The molecule has 0 aromatic carbocycles. The van der Waals surface area contributed by atoms with Gasteiger partial charge in [0.1, 0.15) is 6.67 Å². The van der Waals surface area contributed by atoms with Gasteiger partial charge in [0.05, 0.1) is 0 Å². The summed E-state index contributed by atoms with van der Waals surface area (Å²) in [6.45, 7) is 6.22. The second-order valence-corrected chi connectivity index (χ2v) is 4.33. The number of likely N-dealkylation sites (tertiary alicyclic amines) is 1. The Kier molecular flexibility index (Phi) is 2.31. The number of nitrogens with zero attached hydrogens (tertiary/aromatic N) is 1.